The summed E-state index contributed by atoms with van der Waals surface area (Å²) >= 11 is 1.32. The second-order valence-electron chi connectivity index (χ2n) is 27.5. The van der Waals surface area contributed by atoms with Crippen molar-refractivity contribution in [1.82, 2.24) is 18.7 Å². The molecule has 0 saturated carbocycles. The molecule has 4 nitrogen and oxygen atoms in total. The Balaban J connectivity index is 0.875. The molecule has 0 radical (unpaired) electrons. The van der Waals surface area contributed by atoms with Crippen LogP contribution in [0.4, 0.5) is 0 Å². The monoisotopic (exact) mass is 1190 g/mol. The van der Waals surface area contributed by atoms with Crippen molar-refractivity contribution in [3.8, 4) is 66.8 Å². The third-order valence-electron chi connectivity index (χ3n) is 21.3. The zero-order valence-electron chi connectivity index (χ0n) is 54.6. The van der Waals surface area contributed by atoms with Crippen molar-refractivity contribution < 1.29 is 0 Å². The molecule has 0 saturated heterocycles. The van der Waals surface area contributed by atoms with Gasteiger partial charge in [-0.3, -0.25) is 9.97 Å². The van der Waals surface area contributed by atoms with Crippen molar-refractivity contribution in [2.24, 2.45) is 23.7 Å². The number of hydrogen-bond donors (Lipinski definition) is 0. The molecule has 11 aromatic rings. The van der Waals surface area contributed by atoms with E-state index >= 15 is 0 Å². The lowest BCUT2D eigenvalue weighted by molar-refractivity contribution is 0.308. The Labute approximate surface area is 535 Å². The van der Waals surface area contributed by atoms with Gasteiger partial charge >= 0.3 is 0 Å². The van der Waals surface area contributed by atoms with Crippen LogP contribution in [-0.2, 0) is 30.1 Å². The minimum Gasteiger partial charge on any atom is -0.250 e. The molecule has 8 aromatic carbocycles. The van der Waals surface area contributed by atoms with Crippen molar-refractivity contribution in [3.63, 3.8) is 0 Å². The third-order valence-corrected chi connectivity index (χ3v) is 21.9. The molecule has 4 atom stereocenters. The van der Waals surface area contributed by atoms with Crippen LogP contribution >= 0.6 is 11.7 Å². The molecule has 2 aliphatic carbocycles. The van der Waals surface area contributed by atoms with Crippen LogP contribution in [-0.4, -0.2) is 18.7 Å². The molecule has 89 heavy (non-hydrogen) atoms. The van der Waals surface area contributed by atoms with Crippen LogP contribution in [0.15, 0.2) is 170 Å². The number of nitrogens with zero attached hydrogens (tertiary/aromatic N) is 4. The van der Waals surface area contributed by atoms with Gasteiger partial charge in [0.25, 0.3) is 0 Å². The molecule has 0 aliphatic heterocycles. The number of aryl methyl sites for hydroxylation is 4. The molecular formula is C84H90N4S. The molecule has 0 bridgehead atoms. The van der Waals surface area contributed by atoms with E-state index in [-0.39, 0.29) is 10.8 Å². The highest BCUT2D eigenvalue weighted by Gasteiger charge is 2.47. The first kappa shape index (κ1) is 60.3. The molecular weight excluding hydrogens is 1100 g/mol. The van der Waals surface area contributed by atoms with Crippen LogP contribution in [0.25, 0.3) is 99.6 Å². The second-order valence-corrected chi connectivity index (χ2v) is 28.0. The van der Waals surface area contributed by atoms with E-state index in [4.69, 9.17) is 18.7 Å². The topological polar surface area (TPSA) is 51.6 Å². The molecule has 13 rings (SSSR count). The summed E-state index contributed by atoms with van der Waals surface area (Å²) in [7, 11) is 0. The van der Waals surface area contributed by atoms with Gasteiger partial charge in [0.2, 0.25) is 0 Å². The fourth-order valence-corrected chi connectivity index (χ4v) is 16.4. The van der Waals surface area contributed by atoms with Crippen molar-refractivity contribution in [3.05, 3.63) is 215 Å². The molecule has 0 N–H and O–H groups in total. The Bertz CT molecular complexity index is 4360. The van der Waals surface area contributed by atoms with Gasteiger partial charge in [0, 0.05) is 38.6 Å². The predicted molar refractivity (Wildman–Crippen MR) is 380 cm³/mol. The number of fused-ring (bicyclic) bond motifs is 10. The SMILES string of the molecule is CCCCc1cc(-c2ccccc2)c2ccc3c(-c4ccccc4)cc(CCCc4ccc5c(c4)C(CC(C)CC)(CC(C)CC)c4cc(-c6ccc7c(c6)C(CC(C)CC)(CC(C)CC)c6cc(-c8ccc(C)c9nsnc89)ccc6-7)ccc4-5)nc3c2n1. The Kier molecular flexibility index (Phi) is 17.2. The van der Waals surface area contributed by atoms with Gasteiger partial charge in [0.05, 0.1) is 22.8 Å². The summed E-state index contributed by atoms with van der Waals surface area (Å²) in [4.78, 5) is 11.1. The Morgan fingerprint density at radius 2 is 0.775 bits per heavy atom. The maximum Gasteiger partial charge on any atom is 0.112 e. The zero-order chi connectivity index (χ0) is 61.6. The summed E-state index contributed by atoms with van der Waals surface area (Å²) < 4.78 is 9.62. The van der Waals surface area contributed by atoms with Gasteiger partial charge in [0.1, 0.15) is 11.0 Å². The quantitative estimate of drug-likeness (QED) is 0.0599. The van der Waals surface area contributed by atoms with E-state index in [0.717, 1.165) is 134 Å². The lowest BCUT2D eigenvalue weighted by Gasteiger charge is -2.38. The summed E-state index contributed by atoms with van der Waals surface area (Å²) in [6.45, 7) is 24.0. The van der Waals surface area contributed by atoms with E-state index in [1.54, 1.807) is 5.56 Å². The summed E-state index contributed by atoms with van der Waals surface area (Å²) in [5.74, 6) is 2.24. The Hall–Kier alpha value is -7.60. The lowest BCUT2D eigenvalue weighted by atomic mass is 9.66. The summed E-state index contributed by atoms with van der Waals surface area (Å²) in [6.07, 6.45) is 15.2. The first-order chi connectivity index (χ1) is 43.4. The molecule has 5 heteroatoms. The van der Waals surface area contributed by atoms with E-state index in [9.17, 15) is 0 Å². The van der Waals surface area contributed by atoms with Crippen LogP contribution in [0.1, 0.15) is 178 Å². The number of aromatic nitrogens is 4. The molecule has 2 aliphatic rings. The minimum absolute atomic E-state index is 0.108. The van der Waals surface area contributed by atoms with E-state index in [0.29, 0.717) is 23.7 Å². The summed E-state index contributed by atoms with van der Waals surface area (Å²) in [5, 5.41) is 2.32. The molecule has 3 heterocycles. The number of pyridine rings is 2. The molecule has 452 valence electrons. The standard InChI is InChI=1S/C84H90N4S/c1-11-16-29-64-47-73(59-25-19-17-20-26-59)71-41-42-72-74(60-27-21-18-22-28-60)48-65(86-81(72)80(71)85-64)30-23-24-58-32-37-67-68-38-33-61(44-76(68)83(75(67)43-58,49-53(6)12-2)50-54(7)13-3)62-34-39-69-70-40-35-63(66-36-31-57(10)79-82(66)88-89-87-79)46-78(70)84(77(69)45-62,51-55(8)14-4)52-56(9)15-5/h17-22,25-28,31-48,53-56H,11-16,23-24,29-30,49-52H2,1-10H3. The molecule has 3 aromatic heterocycles. The maximum absolute atomic E-state index is 5.63. The van der Waals surface area contributed by atoms with Crippen LogP contribution in [0.5, 0.6) is 0 Å². The van der Waals surface area contributed by atoms with Gasteiger partial charge in [-0.2, -0.15) is 8.75 Å². The van der Waals surface area contributed by atoms with Gasteiger partial charge in [-0.15, -0.1) is 0 Å². The predicted octanol–water partition coefficient (Wildman–Crippen LogP) is 23.6. The van der Waals surface area contributed by atoms with Crippen LogP contribution in [0.2, 0.25) is 0 Å². The van der Waals surface area contributed by atoms with E-state index in [2.05, 4.69) is 239 Å². The molecule has 0 spiro atoms. The van der Waals surface area contributed by atoms with E-state index in [1.807, 2.05) is 0 Å². The van der Waals surface area contributed by atoms with E-state index in [1.165, 1.54) is 106 Å². The molecule has 0 fully saturated rings. The van der Waals surface area contributed by atoms with Gasteiger partial charge in [-0.05, 0) is 213 Å². The van der Waals surface area contributed by atoms with Crippen molar-refractivity contribution in [2.45, 2.75) is 170 Å². The first-order valence-electron chi connectivity index (χ1n) is 34.0. The average molecular weight is 1190 g/mol. The normalized spacial score (nSPS) is 17.2. The summed E-state index contributed by atoms with van der Waals surface area (Å²) in [6, 6.07) is 65.8. The van der Waals surface area contributed by atoms with Crippen LogP contribution < -0.4 is 0 Å². The number of rotatable bonds is 23. The second kappa shape index (κ2) is 25.4. The molecule has 4 unspecified atom stereocenters. The highest BCUT2D eigenvalue weighted by atomic mass is 32.1. The fraction of sp³-hybridized carbons (Fsp3) is 0.357. The zero-order valence-corrected chi connectivity index (χ0v) is 55.4. The highest BCUT2D eigenvalue weighted by molar-refractivity contribution is 7.00. The third kappa shape index (κ3) is 11.2. The van der Waals surface area contributed by atoms with Crippen LogP contribution in [0, 0.1) is 30.6 Å². The van der Waals surface area contributed by atoms with E-state index < -0.39 is 0 Å². The Morgan fingerprint density at radius 3 is 1.25 bits per heavy atom. The maximum atomic E-state index is 5.63. The fourth-order valence-electron chi connectivity index (χ4n) is 15.8. The van der Waals surface area contributed by atoms with Crippen molar-refractivity contribution in [2.75, 3.05) is 0 Å². The number of benzene rings is 8. The van der Waals surface area contributed by atoms with Gasteiger partial charge in [-0.25, -0.2) is 0 Å². The first-order valence-corrected chi connectivity index (χ1v) is 34.8. The smallest absolute Gasteiger partial charge is 0.112 e. The average Bonchev–Trinajstić information content (AvgIpc) is 1.61. The lowest BCUT2D eigenvalue weighted by Crippen LogP contribution is -2.30. The largest absolute Gasteiger partial charge is 0.250 e. The van der Waals surface area contributed by atoms with Gasteiger partial charge < -0.3 is 0 Å². The van der Waals surface area contributed by atoms with Gasteiger partial charge in [-0.1, -0.05) is 234 Å². The van der Waals surface area contributed by atoms with Crippen LogP contribution in [0.3, 0.4) is 0 Å². The van der Waals surface area contributed by atoms with Crippen molar-refractivity contribution in [1.29, 1.82) is 0 Å². The Morgan fingerprint density at radius 1 is 0.360 bits per heavy atom. The number of unbranched alkanes of at least 4 members (excludes halogenated alkanes) is 1. The van der Waals surface area contributed by atoms with Gasteiger partial charge in [0.15, 0.2) is 0 Å². The molecule has 0 amide bonds. The van der Waals surface area contributed by atoms with Crippen molar-refractivity contribution >= 4 is 44.6 Å². The number of hydrogen-bond acceptors (Lipinski definition) is 5. The minimum atomic E-state index is -0.128. The highest BCUT2D eigenvalue weighted by Crippen LogP contribution is 2.59. The summed E-state index contributed by atoms with van der Waals surface area (Å²) in [5.41, 5.74) is 30.4.